The molecule has 1 amide bonds. The second-order valence-electron chi connectivity index (χ2n) is 8.73. The summed E-state index contributed by atoms with van der Waals surface area (Å²) in [5.74, 6) is -0.232. The molecule has 0 bridgehead atoms. The normalized spacial score (nSPS) is 20.7. The quantitative estimate of drug-likeness (QED) is 0.406. The van der Waals surface area contributed by atoms with Gasteiger partial charge in [-0.3, -0.25) is 14.6 Å². The summed E-state index contributed by atoms with van der Waals surface area (Å²) < 4.78 is 0.806. The van der Waals surface area contributed by atoms with Gasteiger partial charge >= 0.3 is 0 Å². The van der Waals surface area contributed by atoms with E-state index in [9.17, 15) is 9.90 Å². The Hall–Kier alpha value is -1.96. The van der Waals surface area contributed by atoms with Crippen molar-refractivity contribution in [1.29, 1.82) is 0 Å². The number of benzene rings is 2. The van der Waals surface area contributed by atoms with E-state index in [-0.39, 0.29) is 24.5 Å². The summed E-state index contributed by atoms with van der Waals surface area (Å²) in [7, 11) is 0. The number of hydrogen-bond donors (Lipinski definition) is 1. The molecule has 3 aromatic rings. The largest absolute Gasteiger partial charge is 0.396 e. The van der Waals surface area contributed by atoms with Crippen molar-refractivity contribution >= 4 is 45.0 Å². The van der Waals surface area contributed by atoms with Crippen molar-refractivity contribution in [3.05, 3.63) is 97.7 Å². The number of carbonyl (C=O) groups excluding carboxylic acids is 1. The fraction of sp³-hybridized carbons (Fsp3) is 0.280. The van der Waals surface area contributed by atoms with Gasteiger partial charge in [-0.1, -0.05) is 57.3 Å². The molecule has 5 nitrogen and oxygen atoms in total. The fourth-order valence-electron chi connectivity index (χ4n) is 4.38. The van der Waals surface area contributed by atoms with Crippen molar-refractivity contribution in [2.24, 2.45) is 5.41 Å². The van der Waals surface area contributed by atoms with E-state index >= 15 is 0 Å². The average molecular weight is 548 g/mol. The molecule has 1 fully saturated rings. The average Bonchev–Trinajstić information content (AvgIpc) is 3.56. The summed E-state index contributed by atoms with van der Waals surface area (Å²) in [6.45, 7) is 0.286. The predicted molar refractivity (Wildman–Crippen MR) is 130 cm³/mol. The zero-order chi connectivity index (χ0) is 23.2. The van der Waals surface area contributed by atoms with Gasteiger partial charge in [0.25, 0.3) is 5.91 Å². The van der Waals surface area contributed by atoms with Gasteiger partial charge in [0, 0.05) is 38.8 Å². The van der Waals surface area contributed by atoms with Crippen molar-refractivity contribution in [2.45, 2.75) is 24.8 Å². The number of hydroxylamine groups is 2. The number of carbonyl (C=O) groups is 1. The van der Waals surface area contributed by atoms with Crippen molar-refractivity contribution in [2.75, 3.05) is 13.2 Å². The molecule has 2 aliphatic rings. The number of pyridine rings is 1. The molecule has 1 aromatic heterocycles. The van der Waals surface area contributed by atoms with Crippen LogP contribution in [0.1, 0.15) is 40.0 Å². The molecule has 8 heteroatoms. The summed E-state index contributed by atoms with van der Waals surface area (Å²) in [5, 5.41) is 12.4. The number of aliphatic hydroxyl groups excluding tert-OH is 1. The van der Waals surface area contributed by atoms with Gasteiger partial charge in [-0.15, -0.1) is 0 Å². The Morgan fingerprint density at radius 2 is 1.79 bits per heavy atom. The van der Waals surface area contributed by atoms with Gasteiger partial charge in [-0.05, 0) is 60.4 Å². The number of rotatable bonds is 7. The van der Waals surface area contributed by atoms with E-state index in [0.717, 1.165) is 34.1 Å². The summed E-state index contributed by atoms with van der Waals surface area (Å²) >= 11 is 15.8. The molecular weight excluding hydrogens is 527 g/mol. The third-order valence-corrected chi connectivity index (χ3v) is 7.50. The molecule has 1 N–H and O–H groups in total. The van der Waals surface area contributed by atoms with E-state index < -0.39 is 5.54 Å². The van der Waals surface area contributed by atoms with Gasteiger partial charge in [-0.25, -0.2) is 5.06 Å². The van der Waals surface area contributed by atoms with Crippen LogP contribution in [0.5, 0.6) is 0 Å². The van der Waals surface area contributed by atoms with Gasteiger partial charge in [0.05, 0.1) is 18.2 Å². The van der Waals surface area contributed by atoms with Gasteiger partial charge < -0.3 is 5.11 Å². The number of aromatic nitrogens is 1. The minimum Gasteiger partial charge on any atom is -0.396 e. The zero-order valence-corrected chi connectivity index (χ0v) is 20.7. The molecule has 5 rings (SSSR count). The monoisotopic (exact) mass is 546 g/mol. The van der Waals surface area contributed by atoms with Crippen LogP contribution < -0.4 is 0 Å². The molecule has 1 unspecified atom stereocenters. The first-order valence-corrected chi connectivity index (χ1v) is 12.2. The Labute approximate surface area is 210 Å². The number of fused-ring (bicyclic) bond motifs is 1. The Kier molecular flexibility index (Phi) is 6.00. The lowest BCUT2D eigenvalue weighted by molar-refractivity contribution is -0.185. The van der Waals surface area contributed by atoms with Crippen LogP contribution in [0, 0.1) is 5.41 Å². The highest BCUT2D eigenvalue weighted by atomic mass is 79.9. The van der Waals surface area contributed by atoms with E-state index in [4.69, 9.17) is 28.0 Å². The van der Waals surface area contributed by atoms with E-state index in [1.807, 2.05) is 48.5 Å². The first-order chi connectivity index (χ1) is 15.9. The maximum absolute atomic E-state index is 13.7. The number of aliphatic hydroxyl groups is 1. The highest BCUT2D eigenvalue weighted by Crippen LogP contribution is 2.50. The SMILES string of the molecule is O=C1c2cc(Br)ccc2C(Cc2ccc(Cl)cn2)(c2ccc(Cl)cc2)N1OCC1(CO)CC1. The molecular formula is C25H21BrCl2N2O3. The molecule has 1 aliphatic carbocycles. The highest BCUT2D eigenvalue weighted by molar-refractivity contribution is 9.10. The lowest BCUT2D eigenvalue weighted by Gasteiger charge is -2.39. The lowest BCUT2D eigenvalue weighted by Crippen LogP contribution is -2.47. The Balaban J connectivity index is 1.68. The molecule has 0 radical (unpaired) electrons. The first kappa shape index (κ1) is 22.8. The van der Waals surface area contributed by atoms with Gasteiger partial charge in [0.1, 0.15) is 5.54 Å². The second kappa shape index (κ2) is 8.67. The molecule has 33 heavy (non-hydrogen) atoms. The minimum absolute atomic E-state index is 0.0280. The molecule has 2 aromatic carbocycles. The van der Waals surface area contributed by atoms with Crippen LogP contribution in [0.3, 0.4) is 0 Å². The van der Waals surface area contributed by atoms with E-state index in [2.05, 4.69) is 20.9 Å². The maximum Gasteiger partial charge on any atom is 0.279 e. The van der Waals surface area contributed by atoms with Crippen molar-refractivity contribution in [1.82, 2.24) is 10.0 Å². The van der Waals surface area contributed by atoms with Gasteiger partial charge in [0.15, 0.2) is 0 Å². The van der Waals surface area contributed by atoms with Crippen LogP contribution in [0.25, 0.3) is 0 Å². The van der Waals surface area contributed by atoms with Crippen molar-refractivity contribution < 1.29 is 14.7 Å². The van der Waals surface area contributed by atoms with Crippen molar-refractivity contribution in [3.8, 4) is 0 Å². The van der Waals surface area contributed by atoms with Crippen LogP contribution >= 0.6 is 39.1 Å². The van der Waals surface area contributed by atoms with Crippen molar-refractivity contribution in [3.63, 3.8) is 0 Å². The number of nitrogens with zero attached hydrogens (tertiary/aromatic N) is 2. The van der Waals surface area contributed by atoms with Crippen LogP contribution in [0.4, 0.5) is 0 Å². The smallest absolute Gasteiger partial charge is 0.279 e. The Bertz CT molecular complexity index is 1200. The minimum atomic E-state index is -0.968. The van der Waals surface area contributed by atoms with Gasteiger partial charge in [-0.2, -0.15) is 0 Å². The predicted octanol–water partition coefficient (Wildman–Crippen LogP) is 5.80. The Morgan fingerprint density at radius 3 is 2.42 bits per heavy atom. The van der Waals surface area contributed by atoms with Crippen LogP contribution in [-0.4, -0.2) is 34.3 Å². The third kappa shape index (κ3) is 4.08. The molecule has 1 atom stereocenters. The molecule has 1 saturated carbocycles. The van der Waals surface area contributed by atoms with E-state index in [0.29, 0.717) is 22.0 Å². The molecule has 0 spiro atoms. The summed E-state index contributed by atoms with van der Waals surface area (Å²) in [4.78, 5) is 24.5. The summed E-state index contributed by atoms with van der Waals surface area (Å²) in [6, 6.07) is 16.8. The number of hydrogen-bond acceptors (Lipinski definition) is 4. The maximum atomic E-state index is 13.7. The molecule has 0 saturated heterocycles. The van der Waals surface area contributed by atoms with Crippen LogP contribution in [-0.2, 0) is 16.8 Å². The van der Waals surface area contributed by atoms with E-state index in [1.54, 1.807) is 12.3 Å². The molecule has 2 heterocycles. The lowest BCUT2D eigenvalue weighted by atomic mass is 9.79. The van der Waals surface area contributed by atoms with Crippen LogP contribution in [0.15, 0.2) is 65.3 Å². The standard InChI is InChI=1S/C25H21BrCl2N2O3/c26-17-3-8-22-21(11-17)23(32)30(33-15-24(14-31)9-10-24)25(22,16-1-4-18(27)5-2-16)12-20-7-6-19(28)13-29-20/h1-8,11,13,31H,9-10,12,14-15H2. The zero-order valence-electron chi connectivity index (χ0n) is 17.6. The van der Waals surface area contributed by atoms with Gasteiger partial charge in [0.2, 0.25) is 0 Å². The highest BCUT2D eigenvalue weighted by Gasteiger charge is 2.54. The second-order valence-corrected chi connectivity index (χ2v) is 10.5. The number of amides is 1. The number of halogens is 3. The first-order valence-electron chi connectivity index (χ1n) is 10.6. The van der Waals surface area contributed by atoms with E-state index in [1.165, 1.54) is 5.06 Å². The third-order valence-electron chi connectivity index (χ3n) is 6.53. The molecule has 1 aliphatic heterocycles. The summed E-state index contributed by atoms with van der Waals surface area (Å²) in [6.07, 6.45) is 3.72. The summed E-state index contributed by atoms with van der Waals surface area (Å²) in [5.41, 5.74) is 1.73. The Morgan fingerprint density at radius 1 is 1.06 bits per heavy atom. The van der Waals surface area contributed by atoms with Crippen LogP contribution in [0.2, 0.25) is 10.0 Å². The molecule has 170 valence electrons. The topological polar surface area (TPSA) is 62.7 Å². The fourth-order valence-corrected chi connectivity index (χ4v) is 4.98.